The molecule has 37 heavy (non-hydrogen) atoms. The van der Waals surface area contributed by atoms with Gasteiger partial charge in [-0.05, 0) is 38.8 Å². The Bertz CT molecular complexity index is 1010. The fourth-order valence-corrected chi connectivity index (χ4v) is 3.93. The Hall–Kier alpha value is -3.15. The molecule has 204 valence electrons. The van der Waals surface area contributed by atoms with E-state index in [0.717, 1.165) is 4.47 Å². The summed E-state index contributed by atoms with van der Waals surface area (Å²) in [5.74, 6) is -1.72. The number of rotatable bonds is 7. The second-order valence-electron chi connectivity index (χ2n) is 9.98. The van der Waals surface area contributed by atoms with Crippen molar-refractivity contribution in [1.29, 1.82) is 0 Å². The number of carbonyl (C=O) groups excluding carboxylic acids is 5. The molecule has 0 saturated carbocycles. The fourth-order valence-electron chi connectivity index (χ4n) is 3.66. The minimum absolute atomic E-state index is 0.0306. The van der Waals surface area contributed by atoms with Crippen LogP contribution in [0.15, 0.2) is 28.7 Å². The standard InChI is InChI=1S/C25H35BrN4O7/c1-15(2)20(28-23(34)36-6)22(33)30-12-11-29(24(35)37-25(3,4)5)14-18(30)21(32)27-13-19(31)16-7-9-17(26)10-8-16/h7-10,15,18,20H,11-14H2,1-6H3,(H,27,32)(H,28,34). The number of Topliss-reactive ketones (excluding diaryl/α,β-unsaturated/α-hetero) is 1. The van der Waals surface area contributed by atoms with Crippen molar-refractivity contribution < 1.29 is 33.4 Å². The van der Waals surface area contributed by atoms with E-state index in [0.29, 0.717) is 5.56 Å². The third-order valence-corrected chi connectivity index (χ3v) is 6.13. The van der Waals surface area contributed by atoms with Gasteiger partial charge in [0.15, 0.2) is 5.78 Å². The summed E-state index contributed by atoms with van der Waals surface area (Å²) in [4.78, 5) is 66.5. The highest BCUT2D eigenvalue weighted by Crippen LogP contribution is 2.18. The van der Waals surface area contributed by atoms with Crippen molar-refractivity contribution in [3.05, 3.63) is 34.3 Å². The van der Waals surface area contributed by atoms with Gasteiger partial charge in [0.2, 0.25) is 11.8 Å². The number of piperazine rings is 1. The monoisotopic (exact) mass is 582 g/mol. The number of nitrogens with zero attached hydrogens (tertiary/aromatic N) is 2. The van der Waals surface area contributed by atoms with Crippen LogP contribution in [0.1, 0.15) is 45.0 Å². The second kappa shape index (κ2) is 12.9. The predicted molar refractivity (Wildman–Crippen MR) is 139 cm³/mol. The van der Waals surface area contributed by atoms with Crippen molar-refractivity contribution in [3.8, 4) is 0 Å². The lowest BCUT2D eigenvalue weighted by Crippen LogP contribution is -2.65. The lowest BCUT2D eigenvalue weighted by atomic mass is 10.0. The number of carbonyl (C=O) groups is 5. The van der Waals surface area contributed by atoms with Crippen molar-refractivity contribution in [1.82, 2.24) is 20.4 Å². The molecule has 0 aromatic heterocycles. The highest BCUT2D eigenvalue weighted by atomic mass is 79.9. The van der Waals surface area contributed by atoms with E-state index in [9.17, 15) is 24.0 Å². The second-order valence-corrected chi connectivity index (χ2v) is 10.9. The summed E-state index contributed by atoms with van der Waals surface area (Å²) in [6, 6.07) is 4.63. The summed E-state index contributed by atoms with van der Waals surface area (Å²) >= 11 is 3.31. The van der Waals surface area contributed by atoms with Crippen molar-refractivity contribution in [2.75, 3.05) is 33.3 Å². The Balaban J connectivity index is 2.24. The number of amides is 4. The molecule has 1 aliphatic heterocycles. The maximum atomic E-state index is 13.5. The summed E-state index contributed by atoms with van der Waals surface area (Å²) in [6.07, 6.45) is -1.39. The van der Waals surface area contributed by atoms with Gasteiger partial charge in [-0.15, -0.1) is 0 Å². The summed E-state index contributed by atoms with van der Waals surface area (Å²) in [6.45, 7) is 8.43. The zero-order valence-corrected chi connectivity index (χ0v) is 23.6. The van der Waals surface area contributed by atoms with Gasteiger partial charge in [0.05, 0.1) is 20.2 Å². The lowest BCUT2D eigenvalue weighted by molar-refractivity contribution is -0.146. The quantitative estimate of drug-likeness (QED) is 0.472. The number of nitrogens with one attached hydrogen (secondary N) is 2. The molecule has 1 heterocycles. The largest absolute Gasteiger partial charge is 0.453 e. The molecule has 1 aliphatic rings. The van der Waals surface area contributed by atoms with Crippen molar-refractivity contribution in [2.45, 2.75) is 52.3 Å². The van der Waals surface area contributed by atoms with Crippen LogP contribution in [-0.4, -0.2) is 90.6 Å². The van der Waals surface area contributed by atoms with Gasteiger partial charge in [0.1, 0.15) is 17.7 Å². The molecule has 0 bridgehead atoms. The van der Waals surface area contributed by atoms with E-state index in [4.69, 9.17) is 4.74 Å². The van der Waals surface area contributed by atoms with Crippen LogP contribution in [0.3, 0.4) is 0 Å². The summed E-state index contributed by atoms with van der Waals surface area (Å²) in [7, 11) is 1.19. The van der Waals surface area contributed by atoms with Crippen LogP contribution in [0, 0.1) is 5.92 Å². The molecular weight excluding hydrogens is 548 g/mol. The zero-order valence-electron chi connectivity index (χ0n) is 22.0. The average molecular weight is 583 g/mol. The smallest absolute Gasteiger partial charge is 0.410 e. The first-order valence-corrected chi connectivity index (χ1v) is 12.7. The van der Waals surface area contributed by atoms with Crippen LogP contribution in [0.4, 0.5) is 9.59 Å². The number of benzene rings is 1. The Morgan fingerprint density at radius 3 is 2.24 bits per heavy atom. The molecule has 1 aromatic carbocycles. The van der Waals surface area contributed by atoms with Crippen molar-refractivity contribution in [2.24, 2.45) is 5.92 Å². The highest BCUT2D eigenvalue weighted by molar-refractivity contribution is 9.10. The van der Waals surface area contributed by atoms with E-state index in [-0.39, 0.29) is 37.9 Å². The Labute approximate surface area is 225 Å². The zero-order chi connectivity index (χ0) is 27.9. The number of alkyl carbamates (subject to hydrolysis) is 1. The summed E-state index contributed by atoms with van der Waals surface area (Å²) < 4.78 is 10.9. The average Bonchev–Trinajstić information content (AvgIpc) is 2.83. The molecule has 2 rings (SSSR count). The number of ketones is 1. The molecule has 4 amide bonds. The maximum Gasteiger partial charge on any atom is 0.410 e. The molecular formula is C25H35BrN4O7. The van der Waals surface area contributed by atoms with Gasteiger partial charge in [-0.1, -0.05) is 41.9 Å². The third kappa shape index (κ3) is 8.73. The number of methoxy groups -OCH3 is 1. The van der Waals surface area contributed by atoms with Crippen LogP contribution >= 0.6 is 15.9 Å². The van der Waals surface area contributed by atoms with Crippen LogP contribution < -0.4 is 10.6 Å². The normalized spacial score (nSPS) is 16.6. The molecule has 2 N–H and O–H groups in total. The molecule has 2 atom stereocenters. The fraction of sp³-hybridized carbons (Fsp3) is 0.560. The van der Waals surface area contributed by atoms with Crippen LogP contribution in [0.2, 0.25) is 0 Å². The minimum atomic E-state index is -1.10. The summed E-state index contributed by atoms with van der Waals surface area (Å²) in [5, 5.41) is 5.11. The maximum absolute atomic E-state index is 13.5. The van der Waals surface area contributed by atoms with E-state index in [2.05, 4.69) is 31.3 Å². The molecule has 1 fully saturated rings. The van der Waals surface area contributed by atoms with Gasteiger partial charge < -0.3 is 29.9 Å². The minimum Gasteiger partial charge on any atom is -0.453 e. The highest BCUT2D eigenvalue weighted by Gasteiger charge is 2.41. The van der Waals surface area contributed by atoms with E-state index in [1.54, 1.807) is 58.9 Å². The van der Waals surface area contributed by atoms with E-state index in [1.165, 1.54) is 16.9 Å². The predicted octanol–water partition coefficient (Wildman–Crippen LogP) is 2.58. The molecule has 1 saturated heterocycles. The Morgan fingerprint density at radius 2 is 1.70 bits per heavy atom. The van der Waals surface area contributed by atoms with Gasteiger partial charge >= 0.3 is 12.2 Å². The topological polar surface area (TPSA) is 134 Å². The van der Waals surface area contributed by atoms with Crippen LogP contribution in [-0.2, 0) is 19.1 Å². The number of ether oxygens (including phenoxy) is 2. The Morgan fingerprint density at radius 1 is 1.08 bits per heavy atom. The lowest BCUT2D eigenvalue weighted by Gasteiger charge is -2.42. The van der Waals surface area contributed by atoms with Gasteiger partial charge in [-0.25, -0.2) is 9.59 Å². The molecule has 11 nitrogen and oxygen atoms in total. The number of hydrogen-bond donors (Lipinski definition) is 2. The molecule has 0 spiro atoms. The van der Waals surface area contributed by atoms with Crippen LogP contribution in [0.5, 0.6) is 0 Å². The van der Waals surface area contributed by atoms with E-state index < -0.39 is 41.7 Å². The van der Waals surface area contributed by atoms with E-state index >= 15 is 0 Å². The van der Waals surface area contributed by atoms with Gasteiger partial charge in [-0.2, -0.15) is 0 Å². The van der Waals surface area contributed by atoms with Crippen molar-refractivity contribution in [3.63, 3.8) is 0 Å². The Kier molecular flexibility index (Phi) is 10.5. The van der Waals surface area contributed by atoms with Crippen LogP contribution in [0.25, 0.3) is 0 Å². The third-order valence-electron chi connectivity index (χ3n) is 5.60. The summed E-state index contributed by atoms with van der Waals surface area (Å²) in [5.41, 5.74) is -0.330. The molecule has 0 aliphatic carbocycles. The molecule has 2 unspecified atom stereocenters. The first-order chi connectivity index (χ1) is 17.2. The first kappa shape index (κ1) is 30.1. The SMILES string of the molecule is COC(=O)NC(C(=O)N1CCN(C(=O)OC(C)(C)C)CC1C(=O)NCC(=O)c1ccc(Br)cc1)C(C)C. The number of halogens is 1. The van der Waals surface area contributed by atoms with E-state index in [1.807, 2.05) is 0 Å². The van der Waals surface area contributed by atoms with Gasteiger partial charge in [0.25, 0.3) is 0 Å². The first-order valence-electron chi connectivity index (χ1n) is 11.9. The van der Waals surface area contributed by atoms with Gasteiger partial charge in [-0.3, -0.25) is 14.4 Å². The van der Waals surface area contributed by atoms with Crippen molar-refractivity contribution >= 4 is 45.7 Å². The number of hydrogen-bond acceptors (Lipinski definition) is 7. The molecule has 0 radical (unpaired) electrons. The molecule has 1 aromatic rings. The van der Waals surface area contributed by atoms with Gasteiger partial charge in [0, 0.05) is 23.1 Å². The molecule has 12 heteroatoms.